The third-order valence-electron chi connectivity index (χ3n) is 7.07. The number of amides is 1. The van der Waals surface area contributed by atoms with Gasteiger partial charge in [0.25, 0.3) is 5.91 Å². The molecule has 2 N–H and O–H groups in total. The summed E-state index contributed by atoms with van der Waals surface area (Å²) in [7, 11) is 0. The Kier molecular flexibility index (Phi) is 8.29. The van der Waals surface area contributed by atoms with Crippen LogP contribution in [0.3, 0.4) is 0 Å². The number of nitrogens with one attached hydrogen (secondary N) is 2. The second kappa shape index (κ2) is 12.2. The van der Waals surface area contributed by atoms with Gasteiger partial charge in [-0.15, -0.1) is 0 Å². The maximum absolute atomic E-state index is 13.4. The first-order chi connectivity index (χ1) is 18.7. The summed E-state index contributed by atoms with van der Waals surface area (Å²) in [6.07, 6.45) is 5.25. The largest absolute Gasteiger partial charge is 0.490 e. The molecular formula is C32H37N3O3. The first-order valence-corrected chi connectivity index (χ1v) is 13.8. The van der Waals surface area contributed by atoms with Gasteiger partial charge in [0.1, 0.15) is 0 Å². The Labute approximate surface area is 225 Å². The molecular weight excluding hydrogens is 474 g/mol. The molecule has 1 saturated heterocycles. The van der Waals surface area contributed by atoms with E-state index in [0.29, 0.717) is 30.3 Å². The monoisotopic (exact) mass is 511 g/mol. The highest BCUT2D eigenvalue weighted by Gasteiger charge is 2.30. The van der Waals surface area contributed by atoms with Crippen molar-refractivity contribution in [1.82, 2.24) is 4.90 Å². The molecule has 0 spiro atoms. The standard InChI is InChI=1S/C32H37N3O3/c1-3-37-28-20-26-27(21-29(28)38-4-2)34-32(36)30(26)31(24-12-8-7-9-13-24)33-25-16-14-23(15-17-25)22-35-18-10-5-6-11-19-35/h7-9,12-17,20-21,33H,3-6,10-11,18-19,22H2,1-2H3,(H,34,36). The normalized spacial score (nSPS) is 16.8. The molecule has 2 aliphatic rings. The molecule has 38 heavy (non-hydrogen) atoms. The van der Waals surface area contributed by atoms with Crippen LogP contribution in [0.2, 0.25) is 0 Å². The van der Waals surface area contributed by atoms with Crippen LogP contribution in [0.1, 0.15) is 56.2 Å². The van der Waals surface area contributed by atoms with Gasteiger partial charge >= 0.3 is 0 Å². The van der Waals surface area contributed by atoms with E-state index in [2.05, 4.69) is 39.8 Å². The van der Waals surface area contributed by atoms with Gasteiger partial charge in [-0.3, -0.25) is 9.69 Å². The van der Waals surface area contributed by atoms with Crippen molar-refractivity contribution in [3.63, 3.8) is 0 Å². The SMILES string of the molecule is CCOc1cc2c(cc1OCC)C(=C(Nc1ccc(CN3CCCCCC3)cc1)c1ccccc1)C(=O)N2. The fourth-order valence-corrected chi connectivity index (χ4v) is 5.24. The maximum atomic E-state index is 13.4. The average molecular weight is 512 g/mol. The summed E-state index contributed by atoms with van der Waals surface area (Å²) in [4.78, 5) is 15.9. The van der Waals surface area contributed by atoms with E-state index in [1.165, 1.54) is 44.3 Å². The Balaban J connectivity index is 1.49. The zero-order valence-corrected chi connectivity index (χ0v) is 22.4. The fourth-order valence-electron chi connectivity index (χ4n) is 5.24. The van der Waals surface area contributed by atoms with E-state index in [9.17, 15) is 4.79 Å². The van der Waals surface area contributed by atoms with Crippen LogP contribution < -0.4 is 20.1 Å². The Morgan fingerprint density at radius 3 is 2.18 bits per heavy atom. The number of carbonyl (C=O) groups is 1. The molecule has 3 aromatic rings. The summed E-state index contributed by atoms with van der Waals surface area (Å²) in [6.45, 7) is 8.22. The van der Waals surface area contributed by atoms with Gasteiger partial charge < -0.3 is 20.1 Å². The van der Waals surface area contributed by atoms with Gasteiger partial charge in [0.15, 0.2) is 11.5 Å². The van der Waals surface area contributed by atoms with Crippen molar-refractivity contribution in [2.75, 3.05) is 36.9 Å². The minimum atomic E-state index is -0.153. The maximum Gasteiger partial charge on any atom is 0.258 e. The number of fused-ring (bicyclic) bond motifs is 1. The first kappa shape index (κ1) is 25.9. The molecule has 0 saturated carbocycles. The quantitative estimate of drug-likeness (QED) is 0.310. The summed E-state index contributed by atoms with van der Waals surface area (Å²) in [5, 5.41) is 6.61. The van der Waals surface area contributed by atoms with E-state index in [4.69, 9.17) is 9.47 Å². The number of likely N-dealkylation sites (tertiary alicyclic amines) is 1. The lowest BCUT2D eigenvalue weighted by Gasteiger charge is -2.20. The van der Waals surface area contributed by atoms with E-state index in [0.717, 1.165) is 34.7 Å². The number of benzene rings is 3. The Morgan fingerprint density at radius 1 is 0.868 bits per heavy atom. The van der Waals surface area contributed by atoms with Crippen molar-refractivity contribution in [2.45, 2.75) is 46.1 Å². The second-order valence-corrected chi connectivity index (χ2v) is 9.79. The van der Waals surface area contributed by atoms with Gasteiger partial charge in [0.2, 0.25) is 0 Å². The molecule has 3 aromatic carbocycles. The molecule has 0 bridgehead atoms. The van der Waals surface area contributed by atoms with Crippen LogP contribution in [-0.2, 0) is 11.3 Å². The molecule has 198 valence electrons. The number of rotatable bonds is 9. The second-order valence-electron chi connectivity index (χ2n) is 9.79. The molecule has 6 nitrogen and oxygen atoms in total. The van der Waals surface area contributed by atoms with Crippen molar-refractivity contribution in [2.24, 2.45) is 0 Å². The van der Waals surface area contributed by atoms with Gasteiger partial charge in [-0.25, -0.2) is 0 Å². The molecule has 6 heteroatoms. The molecule has 0 radical (unpaired) electrons. The number of ether oxygens (including phenoxy) is 2. The van der Waals surface area contributed by atoms with Crippen LogP contribution in [0.15, 0.2) is 66.7 Å². The van der Waals surface area contributed by atoms with Gasteiger partial charge in [-0.2, -0.15) is 0 Å². The van der Waals surface area contributed by atoms with Crippen molar-refractivity contribution in [3.8, 4) is 11.5 Å². The number of carbonyl (C=O) groups excluding carboxylic acids is 1. The third kappa shape index (κ3) is 5.86. The van der Waals surface area contributed by atoms with Crippen molar-refractivity contribution in [1.29, 1.82) is 0 Å². The Bertz CT molecular complexity index is 1280. The minimum absolute atomic E-state index is 0.153. The molecule has 0 aliphatic carbocycles. The van der Waals surface area contributed by atoms with Crippen molar-refractivity contribution < 1.29 is 14.3 Å². The molecule has 1 fully saturated rings. The molecule has 0 unspecified atom stereocenters. The molecule has 0 atom stereocenters. The topological polar surface area (TPSA) is 62.8 Å². The molecule has 2 aliphatic heterocycles. The van der Waals surface area contributed by atoms with E-state index < -0.39 is 0 Å². The Hall–Kier alpha value is -3.77. The van der Waals surface area contributed by atoms with Crippen molar-refractivity contribution in [3.05, 3.63) is 83.4 Å². The van der Waals surface area contributed by atoms with Crippen molar-refractivity contribution >= 4 is 28.6 Å². The Morgan fingerprint density at radius 2 is 1.53 bits per heavy atom. The lowest BCUT2D eigenvalue weighted by atomic mass is 9.99. The number of hydrogen-bond acceptors (Lipinski definition) is 5. The molecule has 5 rings (SSSR count). The van der Waals surface area contributed by atoms with E-state index >= 15 is 0 Å². The van der Waals surface area contributed by atoms with Gasteiger partial charge in [-0.1, -0.05) is 55.3 Å². The predicted octanol–water partition coefficient (Wildman–Crippen LogP) is 6.79. The van der Waals surface area contributed by atoms with E-state index in [1.54, 1.807) is 0 Å². The third-order valence-corrected chi connectivity index (χ3v) is 7.07. The highest BCUT2D eigenvalue weighted by Crippen LogP contribution is 2.43. The van der Waals surface area contributed by atoms with Crippen LogP contribution in [0.4, 0.5) is 11.4 Å². The number of anilines is 2. The molecule has 0 aromatic heterocycles. The van der Waals surface area contributed by atoms with Crippen LogP contribution in [0, 0.1) is 0 Å². The summed E-state index contributed by atoms with van der Waals surface area (Å²) in [6, 6.07) is 22.3. The highest BCUT2D eigenvalue weighted by atomic mass is 16.5. The zero-order chi connectivity index (χ0) is 26.3. The average Bonchev–Trinajstić information content (AvgIpc) is 3.07. The summed E-state index contributed by atoms with van der Waals surface area (Å²) in [5.74, 6) is 1.11. The van der Waals surface area contributed by atoms with Gasteiger partial charge in [0, 0.05) is 23.9 Å². The van der Waals surface area contributed by atoms with Crippen LogP contribution in [0.25, 0.3) is 11.3 Å². The van der Waals surface area contributed by atoms with Crippen LogP contribution in [-0.4, -0.2) is 37.1 Å². The highest BCUT2D eigenvalue weighted by molar-refractivity contribution is 6.37. The van der Waals surface area contributed by atoms with Crippen LogP contribution in [0.5, 0.6) is 11.5 Å². The number of nitrogens with zero attached hydrogens (tertiary/aromatic N) is 1. The molecule has 2 heterocycles. The number of hydrogen-bond donors (Lipinski definition) is 2. The minimum Gasteiger partial charge on any atom is -0.490 e. The lowest BCUT2D eigenvalue weighted by Crippen LogP contribution is -2.23. The fraction of sp³-hybridized carbons (Fsp3) is 0.344. The summed E-state index contributed by atoms with van der Waals surface area (Å²) in [5.41, 5.74) is 6.04. The van der Waals surface area contributed by atoms with Gasteiger partial charge in [0.05, 0.1) is 30.2 Å². The van der Waals surface area contributed by atoms with E-state index in [1.807, 2.05) is 56.3 Å². The molecule has 1 amide bonds. The summed E-state index contributed by atoms with van der Waals surface area (Å²) >= 11 is 0. The zero-order valence-electron chi connectivity index (χ0n) is 22.4. The first-order valence-electron chi connectivity index (χ1n) is 13.8. The van der Waals surface area contributed by atoms with Crippen LogP contribution >= 0.6 is 0 Å². The summed E-state index contributed by atoms with van der Waals surface area (Å²) < 4.78 is 11.7. The predicted molar refractivity (Wildman–Crippen MR) is 154 cm³/mol. The van der Waals surface area contributed by atoms with Gasteiger partial charge in [-0.05, 0) is 69.1 Å². The smallest absolute Gasteiger partial charge is 0.258 e. The van der Waals surface area contributed by atoms with E-state index in [-0.39, 0.29) is 5.91 Å². The lowest BCUT2D eigenvalue weighted by molar-refractivity contribution is -0.110.